The fourth-order valence-electron chi connectivity index (χ4n) is 4.45. The summed E-state index contributed by atoms with van der Waals surface area (Å²) in [5, 5.41) is 0. The average Bonchev–Trinajstić information content (AvgIpc) is 3.33. The Balaban J connectivity index is 1.61. The van der Waals surface area contributed by atoms with Crippen LogP contribution in [-0.4, -0.2) is 21.6 Å². The Labute approximate surface area is 155 Å². The van der Waals surface area contributed by atoms with Crippen molar-refractivity contribution in [1.82, 2.24) is 9.55 Å². The van der Waals surface area contributed by atoms with Crippen LogP contribution in [0, 0.1) is 5.92 Å². The third kappa shape index (κ3) is 3.55. The fourth-order valence-corrected chi connectivity index (χ4v) is 4.45. The molecule has 138 valence electrons. The number of esters is 1. The maximum Gasteiger partial charge on any atom is 0.355 e. The highest BCUT2D eigenvalue weighted by Gasteiger charge is 2.28. The van der Waals surface area contributed by atoms with Gasteiger partial charge in [-0.25, -0.2) is 4.79 Å². The first-order valence-corrected chi connectivity index (χ1v) is 10.1. The van der Waals surface area contributed by atoms with E-state index in [0.29, 0.717) is 11.7 Å². The highest BCUT2D eigenvalue weighted by Crippen LogP contribution is 2.36. The molecular weight excluding hydrogens is 324 g/mol. The molecule has 0 atom stereocenters. The van der Waals surface area contributed by atoms with Crippen molar-refractivity contribution in [2.24, 2.45) is 5.92 Å². The number of nitrogens with zero attached hydrogens (tertiary/aromatic N) is 2. The van der Waals surface area contributed by atoms with Crippen LogP contribution < -0.4 is 0 Å². The van der Waals surface area contributed by atoms with Crippen LogP contribution in [0.3, 0.4) is 0 Å². The maximum atomic E-state index is 13.0. The van der Waals surface area contributed by atoms with E-state index in [9.17, 15) is 4.79 Å². The molecule has 2 heterocycles. The number of rotatable bonds is 4. The van der Waals surface area contributed by atoms with Crippen molar-refractivity contribution in [2.45, 2.75) is 70.4 Å². The van der Waals surface area contributed by atoms with E-state index in [1.807, 2.05) is 36.5 Å². The Morgan fingerprint density at radius 3 is 2.50 bits per heavy atom. The van der Waals surface area contributed by atoms with Crippen LogP contribution in [0.15, 0.2) is 36.5 Å². The SMILES string of the molecule is CC1CCC(OC(=O)c2ccc(-c3ccccn3)n2C2CCCC2)CC1. The van der Waals surface area contributed by atoms with Crippen molar-refractivity contribution in [3.8, 4) is 11.4 Å². The quantitative estimate of drug-likeness (QED) is 0.692. The zero-order valence-corrected chi connectivity index (χ0v) is 15.6. The van der Waals surface area contributed by atoms with E-state index < -0.39 is 0 Å². The third-order valence-corrected chi connectivity index (χ3v) is 5.98. The summed E-state index contributed by atoms with van der Waals surface area (Å²) in [5.41, 5.74) is 2.64. The van der Waals surface area contributed by atoms with Gasteiger partial charge in [0.25, 0.3) is 0 Å². The van der Waals surface area contributed by atoms with Crippen molar-refractivity contribution < 1.29 is 9.53 Å². The molecule has 2 saturated carbocycles. The molecule has 2 aromatic rings. The molecule has 0 bridgehead atoms. The highest BCUT2D eigenvalue weighted by molar-refractivity contribution is 5.89. The Morgan fingerprint density at radius 1 is 1.04 bits per heavy atom. The van der Waals surface area contributed by atoms with Crippen LogP contribution in [0.5, 0.6) is 0 Å². The zero-order chi connectivity index (χ0) is 17.9. The number of ether oxygens (including phenoxy) is 1. The van der Waals surface area contributed by atoms with Crippen molar-refractivity contribution in [1.29, 1.82) is 0 Å². The van der Waals surface area contributed by atoms with Gasteiger partial charge in [-0.1, -0.05) is 25.8 Å². The predicted molar refractivity (Wildman–Crippen MR) is 102 cm³/mol. The lowest BCUT2D eigenvalue weighted by Crippen LogP contribution is -2.25. The molecule has 0 saturated heterocycles. The van der Waals surface area contributed by atoms with E-state index in [0.717, 1.165) is 55.8 Å². The van der Waals surface area contributed by atoms with Gasteiger partial charge in [0.1, 0.15) is 11.8 Å². The lowest BCUT2D eigenvalue weighted by atomic mass is 9.89. The van der Waals surface area contributed by atoms with E-state index in [4.69, 9.17) is 4.74 Å². The summed E-state index contributed by atoms with van der Waals surface area (Å²) in [7, 11) is 0. The van der Waals surface area contributed by atoms with Gasteiger partial charge in [0.05, 0.1) is 11.4 Å². The molecule has 2 fully saturated rings. The molecule has 0 N–H and O–H groups in total. The molecule has 2 aliphatic rings. The van der Waals surface area contributed by atoms with Gasteiger partial charge in [0.2, 0.25) is 0 Å². The molecule has 26 heavy (non-hydrogen) atoms. The first kappa shape index (κ1) is 17.3. The Hall–Kier alpha value is -2.10. The van der Waals surface area contributed by atoms with Crippen molar-refractivity contribution in [2.75, 3.05) is 0 Å². The number of hydrogen-bond acceptors (Lipinski definition) is 3. The van der Waals surface area contributed by atoms with Crippen molar-refractivity contribution in [3.05, 3.63) is 42.2 Å². The minimum atomic E-state index is -0.168. The summed E-state index contributed by atoms with van der Waals surface area (Å²) in [4.78, 5) is 17.5. The van der Waals surface area contributed by atoms with E-state index in [1.165, 1.54) is 12.8 Å². The fraction of sp³-hybridized carbons (Fsp3) is 0.545. The largest absolute Gasteiger partial charge is 0.458 e. The topological polar surface area (TPSA) is 44.1 Å². The normalized spacial score (nSPS) is 23.9. The Morgan fingerprint density at radius 2 is 1.81 bits per heavy atom. The van der Waals surface area contributed by atoms with Gasteiger partial charge in [0.15, 0.2) is 0 Å². The summed E-state index contributed by atoms with van der Waals surface area (Å²) in [5.74, 6) is 0.585. The third-order valence-electron chi connectivity index (χ3n) is 5.98. The molecule has 2 aromatic heterocycles. The second kappa shape index (κ2) is 7.65. The van der Waals surface area contributed by atoms with Gasteiger partial charge in [-0.15, -0.1) is 0 Å². The van der Waals surface area contributed by atoms with Crippen LogP contribution in [-0.2, 0) is 4.74 Å². The van der Waals surface area contributed by atoms with Crippen LogP contribution in [0.4, 0.5) is 0 Å². The minimum Gasteiger partial charge on any atom is -0.458 e. The van der Waals surface area contributed by atoms with Crippen LogP contribution in [0.2, 0.25) is 0 Å². The smallest absolute Gasteiger partial charge is 0.355 e. The lowest BCUT2D eigenvalue weighted by molar-refractivity contribution is 0.0160. The Kier molecular flexibility index (Phi) is 5.09. The molecule has 2 aliphatic carbocycles. The number of aromatic nitrogens is 2. The Bertz CT molecular complexity index is 739. The summed E-state index contributed by atoms with van der Waals surface area (Å²) in [6.45, 7) is 2.28. The van der Waals surface area contributed by atoms with Crippen LogP contribution in [0.25, 0.3) is 11.4 Å². The summed E-state index contributed by atoms with van der Waals surface area (Å²) < 4.78 is 8.09. The average molecular weight is 352 g/mol. The molecule has 0 unspecified atom stereocenters. The number of pyridine rings is 1. The molecule has 0 amide bonds. The monoisotopic (exact) mass is 352 g/mol. The van der Waals surface area contributed by atoms with Crippen LogP contribution >= 0.6 is 0 Å². The summed E-state index contributed by atoms with van der Waals surface area (Å²) in [6, 6.07) is 10.3. The van der Waals surface area contributed by atoms with E-state index in [2.05, 4.69) is 16.5 Å². The maximum absolute atomic E-state index is 13.0. The molecule has 0 aliphatic heterocycles. The summed E-state index contributed by atoms with van der Waals surface area (Å²) >= 11 is 0. The van der Waals surface area contributed by atoms with Gasteiger partial charge in [-0.05, 0) is 68.7 Å². The zero-order valence-electron chi connectivity index (χ0n) is 15.6. The highest BCUT2D eigenvalue weighted by atomic mass is 16.5. The van der Waals surface area contributed by atoms with Gasteiger partial charge >= 0.3 is 5.97 Å². The van der Waals surface area contributed by atoms with Crippen molar-refractivity contribution >= 4 is 5.97 Å². The molecule has 4 rings (SSSR count). The first-order chi connectivity index (χ1) is 12.7. The van der Waals surface area contributed by atoms with E-state index in [1.54, 1.807) is 0 Å². The van der Waals surface area contributed by atoms with Crippen LogP contribution in [0.1, 0.15) is 74.8 Å². The molecule has 0 aromatic carbocycles. The van der Waals surface area contributed by atoms with Gasteiger partial charge in [-0.2, -0.15) is 0 Å². The van der Waals surface area contributed by atoms with Gasteiger partial charge in [-0.3, -0.25) is 4.98 Å². The lowest BCUT2D eigenvalue weighted by Gasteiger charge is -2.26. The van der Waals surface area contributed by atoms with E-state index in [-0.39, 0.29) is 12.1 Å². The molecule has 0 spiro atoms. The number of hydrogen-bond donors (Lipinski definition) is 0. The predicted octanol–water partition coefficient (Wildman–Crippen LogP) is 5.40. The second-order valence-corrected chi connectivity index (χ2v) is 7.91. The standard InChI is InChI=1S/C22H28N2O2/c1-16-9-11-18(12-10-16)26-22(25)21-14-13-20(19-8-4-5-15-23-19)24(21)17-6-2-3-7-17/h4-5,8,13-18H,2-3,6-7,9-12H2,1H3. The summed E-state index contributed by atoms with van der Waals surface area (Å²) in [6.07, 6.45) is 10.9. The van der Waals surface area contributed by atoms with Crippen molar-refractivity contribution in [3.63, 3.8) is 0 Å². The molecular formula is C22H28N2O2. The first-order valence-electron chi connectivity index (χ1n) is 10.1. The minimum absolute atomic E-state index is 0.0731. The molecule has 4 nitrogen and oxygen atoms in total. The molecule has 4 heteroatoms. The van der Waals surface area contributed by atoms with E-state index >= 15 is 0 Å². The number of carbonyl (C=O) groups is 1. The molecule has 0 radical (unpaired) electrons. The second-order valence-electron chi connectivity index (χ2n) is 7.91. The van der Waals surface area contributed by atoms with Gasteiger partial charge in [0, 0.05) is 12.2 Å². The van der Waals surface area contributed by atoms with Gasteiger partial charge < -0.3 is 9.30 Å². The number of carbonyl (C=O) groups excluding carboxylic acids is 1.